The maximum atomic E-state index is 10.4. The van der Waals surface area contributed by atoms with Gasteiger partial charge in [-0.2, -0.15) is 11.3 Å². The molecule has 1 N–H and O–H groups in total. The molecule has 19 heavy (non-hydrogen) atoms. The van der Waals surface area contributed by atoms with Crippen molar-refractivity contribution in [1.29, 1.82) is 0 Å². The predicted octanol–water partition coefficient (Wildman–Crippen LogP) is 3.47. The molecule has 1 heterocycles. The molecule has 1 aromatic carbocycles. The van der Waals surface area contributed by atoms with Crippen LogP contribution in [-0.2, 0) is 11.2 Å². The molecule has 0 atom stereocenters. The number of thiophene rings is 1. The molecule has 4 heteroatoms. The van der Waals surface area contributed by atoms with Crippen LogP contribution in [0, 0.1) is 0 Å². The van der Waals surface area contributed by atoms with Gasteiger partial charge in [0.05, 0.1) is 6.61 Å². The maximum absolute atomic E-state index is 10.4. The van der Waals surface area contributed by atoms with Crippen molar-refractivity contribution in [3.05, 3.63) is 58.3 Å². The number of rotatable bonds is 6. The van der Waals surface area contributed by atoms with Gasteiger partial charge in [-0.25, -0.2) is 4.79 Å². The van der Waals surface area contributed by atoms with Crippen LogP contribution < -0.4 is 4.74 Å². The van der Waals surface area contributed by atoms with E-state index < -0.39 is 5.97 Å². The van der Waals surface area contributed by atoms with E-state index in [-0.39, 0.29) is 0 Å². The molecule has 2 aromatic rings. The molecule has 0 spiro atoms. The summed E-state index contributed by atoms with van der Waals surface area (Å²) >= 11 is 1.68. The van der Waals surface area contributed by atoms with Gasteiger partial charge in [0.25, 0.3) is 0 Å². The predicted molar refractivity (Wildman–Crippen MR) is 76.6 cm³/mol. The van der Waals surface area contributed by atoms with E-state index >= 15 is 0 Å². The van der Waals surface area contributed by atoms with Crippen molar-refractivity contribution < 1.29 is 14.6 Å². The number of benzene rings is 1. The summed E-state index contributed by atoms with van der Waals surface area (Å²) in [5.41, 5.74) is 2.12. The third kappa shape index (κ3) is 4.60. The minimum atomic E-state index is -0.948. The van der Waals surface area contributed by atoms with Gasteiger partial charge < -0.3 is 9.84 Å². The number of hydrogen-bond donors (Lipinski definition) is 1. The zero-order chi connectivity index (χ0) is 13.5. The summed E-state index contributed by atoms with van der Waals surface area (Å²) < 4.78 is 5.62. The molecule has 2 rings (SSSR count). The van der Waals surface area contributed by atoms with E-state index in [9.17, 15) is 4.79 Å². The average molecular weight is 274 g/mol. The summed E-state index contributed by atoms with van der Waals surface area (Å²) in [5, 5.41) is 12.7. The highest BCUT2D eigenvalue weighted by atomic mass is 32.1. The highest BCUT2D eigenvalue weighted by Gasteiger charge is 1.96. The molecule has 0 bridgehead atoms. The number of hydrogen-bond acceptors (Lipinski definition) is 3. The molecule has 0 saturated heterocycles. The largest absolute Gasteiger partial charge is 0.493 e. The monoisotopic (exact) mass is 274 g/mol. The standard InChI is InChI=1S/C15H14O3S/c16-15(17)6-3-12-1-4-14(5-2-12)18-9-7-13-8-10-19-11-13/h1-6,8,10-11H,7,9H2,(H,16,17). The fraction of sp³-hybridized carbons (Fsp3) is 0.133. The summed E-state index contributed by atoms with van der Waals surface area (Å²) in [5.74, 6) is -0.154. The molecule has 0 radical (unpaired) electrons. The Bertz CT molecular complexity index is 541. The van der Waals surface area contributed by atoms with E-state index in [1.807, 2.05) is 24.3 Å². The highest BCUT2D eigenvalue weighted by molar-refractivity contribution is 7.07. The van der Waals surface area contributed by atoms with E-state index in [0.29, 0.717) is 6.61 Å². The van der Waals surface area contributed by atoms with Crippen molar-refractivity contribution in [3.8, 4) is 5.75 Å². The fourth-order valence-electron chi connectivity index (χ4n) is 1.56. The fourth-order valence-corrected chi connectivity index (χ4v) is 2.27. The molecule has 0 saturated carbocycles. The molecular weight excluding hydrogens is 260 g/mol. The summed E-state index contributed by atoms with van der Waals surface area (Å²) in [4.78, 5) is 10.4. The van der Waals surface area contributed by atoms with Crippen LogP contribution in [0.25, 0.3) is 6.08 Å². The van der Waals surface area contributed by atoms with Crippen molar-refractivity contribution in [1.82, 2.24) is 0 Å². The average Bonchev–Trinajstić information content (AvgIpc) is 2.91. The molecule has 98 valence electrons. The lowest BCUT2D eigenvalue weighted by molar-refractivity contribution is -0.131. The quantitative estimate of drug-likeness (QED) is 0.820. The molecule has 0 amide bonds. The first-order chi connectivity index (χ1) is 9.24. The van der Waals surface area contributed by atoms with Crippen molar-refractivity contribution in [3.63, 3.8) is 0 Å². The Balaban J connectivity index is 1.83. The zero-order valence-corrected chi connectivity index (χ0v) is 11.1. The van der Waals surface area contributed by atoms with Crippen LogP contribution >= 0.6 is 11.3 Å². The summed E-state index contributed by atoms with van der Waals surface area (Å²) in [6.45, 7) is 0.640. The van der Waals surface area contributed by atoms with Crippen LogP contribution in [-0.4, -0.2) is 17.7 Å². The molecule has 0 fully saturated rings. The SMILES string of the molecule is O=C(O)C=Cc1ccc(OCCc2ccsc2)cc1. The van der Waals surface area contributed by atoms with E-state index in [1.54, 1.807) is 17.4 Å². The van der Waals surface area contributed by atoms with Crippen molar-refractivity contribution in [2.45, 2.75) is 6.42 Å². The molecular formula is C15H14O3S. The first-order valence-electron chi connectivity index (χ1n) is 5.89. The van der Waals surface area contributed by atoms with Crippen molar-refractivity contribution in [2.24, 2.45) is 0 Å². The Morgan fingerprint density at radius 3 is 2.68 bits per heavy atom. The number of aliphatic carboxylic acids is 1. The maximum Gasteiger partial charge on any atom is 0.328 e. The zero-order valence-electron chi connectivity index (χ0n) is 10.3. The van der Waals surface area contributed by atoms with Crippen LogP contribution in [0.1, 0.15) is 11.1 Å². The normalized spacial score (nSPS) is 10.7. The summed E-state index contributed by atoms with van der Waals surface area (Å²) in [6, 6.07) is 9.44. The number of carboxylic acids is 1. The molecule has 0 aliphatic heterocycles. The Hall–Kier alpha value is -2.07. The van der Waals surface area contributed by atoms with Gasteiger partial charge in [0, 0.05) is 12.5 Å². The molecule has 1 aromatic heterocycles. The lowest BCUT2D eigenvalue weighted by atomic mass is 10.2. The minimum Gasteiger partial charge on any atom is -0.493 e. The van der Waals surface area contributed by atoms with Crippen molar-refractivity contribution in [2.75, 3.05) is 6.61 Å². The Kier molecular flexibility index (Phi) is 4.75. The summed E-state index contributed by atoms with van der Waals surface area (Å²) in [6.07, 6.45) is 3.56. The number of ether oxygens (including phenoxy) is 1. The van der Waals surface area contributed by atoms with Crippen LogP contribution in [0.2, 0.25) is 0 Å². The lowest BCUT2D eigenvalue weighted by Gasteiger charge is -2.05. The van der Waals surface area contributed by atoms with Crippen LogP contribution in [0.3, 0.4) is 0 Å². The Labute approximate surface area is 115 Å². The third-order valence-corrected chi connectivity index (χ3v) is 3.27. The lowest BCUT2D eigenvalue weighted by Crippen LogP contribution is -2.00. The van der Waals surface area contributed by atoms with Gasteiger partial charge in [-0.15, -0.1) is 0 Å². The first-order valence-corrected chi connectivity index (χ1v) is 6.83. The smallest absolute Gasteiger partial charge is 0.328 e. The Morgan fingerprint density at radius 1 is 1.26 bits per heavy atom. The topological polar surface area (TPSA) is 46.5 Å². The molecule has 0 unspecified atom stereocenters. The minimum absolute atomic E-state index is 0.640. The summed E-state index contributed by atoms with van der Waals surface area (Å²) in [7, 11) is 0. The van der Waals surface area contributed by atoms with Gasteiger partial charge in [0.1, 0.15) is 5.75 Å². The van der Waals surface area contributed by atoms with E-state index in [0.717, 1.165) is 23.8 Å². The molecule has 0 aliphatic carbocycles. The Morgan fingerprint density at radius 2 is 2.05 bits per heavy atom. The van der Waals surface area contributed by atoms with Gasteiger partial charge >= 0.3 is 5.97 Å². The van der Waals surface area contributed by atoms with Gasteiger partial charge in [-0.1, -0.05) is 12.1 Å². The second-order valence-electron chi connectivity index (χ2n) is 3.97. The third-order valence-electron chi connectivity index (χ3n) is 2.54. The van der Waals surface area contributed by atoms with E-state index in [4.69, 9.17) is 9.84 Å². The van der Waals surface area contributed by atoms with Gasteiger partial charge in [0.15, 0.2) is 0 Å². The first kappa shape index (κ1) is 13.4. The molecule has 3 nitrogen and oxygen atoms in total. The number of carbonyl (C=O) groups is 1. The number of carboxylic acid groups (broad SMARTS) is 1. The van der Waals surface area contributed by atoms with Crippen LogP contribution in [0.15, 0.2) is 47.2 Å². The second-order valence-corrected chi connectivity index (χ2v) is 4.75. The highest BCUT2D eigenvalue weighted by Crippen LogP contribution is 2.14. The van der Waals surface area contributed by atoms with Gasteiger partial charge in [-0.3, -0.25) is 0 Å². The van der Waals surface area contributed by atoms with Crippen LogP contribution in [0.5, 0.6) is 5.75 Å². The van der Waals surface area contributed by atoms with Crippen molar-refractivity contribution >= 4 is 23.4 Å². The van der Waals surface area contributed by atoms with Gasteiger partial charge in [0.2, 0.25) is 0 Å². The second kappa shape index (κ2) is 6.75. The van der Waals surface area contributed by atoms with E-state index in [1.165, 1.54) is 5.56 Å². The van der Waals surface area contributed by atoms with E-state index in [2.05, 4.69) is 16.8 Å². The van der Waals surface area contributed by atoms with Gasteiger partial charge in [-0.05, 0) is 46.2 Å². The van der Waals surface area contributed by atoms with Crippen LogP contribution in [0.4, 0.5) is 0 Å². The molecule has 0 aliphatic rings.